The van der Waals surface area contributed by atoms with E-state index in [2.05, 4.69) is 5.32 Å². The molecule has 2 rings (SSSR count). The van der Waals surface area contributed by atoms with Crippen molar-refractivity contribution < 1.29 is 13.9 Å². The van der Waals surface area contributed by atoms with Crippen molar-refractivity contribution >= 4 is 0 Å². The van der Waals surface area contributed by atoms with Crippen molar-refractivity contribution in [2.45, 2.75) is 37.7 Å². The molecule has 1 N–H and O–H groups in total. The van der Waals surface area contributed by atoms with E-state index in [1.807, 2.05) is 12.1 Å². The number of halogens is 1. The third-order valence-corrected chi connectivity index (χ3v) is 4.08. The van der Waals surface area contributed by atoms with Crippen molar-refractivity contribution in [1.29, 1.82) is 0 Å². The molecule has 0 saturated carbocycles. The van der Waals surface area contributed by atoms with Crippen LogP contribution in [-0.4, -0.2) is 39.5 Å². The molecule has 0 bridgehead atoms. The van der Waals surface area contributed by atoms with E-state index in [1.54, 1.807) is 19.2 Å². The van der Waals surface area contributed by atoms with Gasteiger partial charge in [0.2, 0.25) is 0 Å². The molecule has 0 amide bonds. The molecular weight excluding hydrogens is 269 g/mol. The molecule has 0 aromatic heterocycles. The molecule has 2 atom stereocenters. The van der Waals surface area contributed by atoms with Gasteiger partial charge in [0.05, 0.1) is 12.7 Å². The first-order valence-corrected chi connectivity index (χ1v) is 7.86. The molecule has 0 radical (unpaired) electrons. The summed E-state index contributed by atoms with van der Waals surface area (Å²) in [5, 5.41) is 3.42. The maximum absolute atomic E-state index is 13.1. The minimum atomic E-state index is -0.177. The number of benzene rings is 1. The van der Waals surface area contributed by atoms with Crippen LogP contribution in [0, 0.1) is 5.82 Å². The second kappa shape index (κ2) is 9.13. The van der Waals surface area contributed by atoms with Gasteiger partial charge < -0.3 is 14.8 Å². The van der Waals surface area contributed by atoms with Gasteiger partial charge in [-0.05, 0) is 49.3 Å². The highest BCUT2D eigenvalue weighted by Crippen LogP contribution is 2.25. The topological polar surface area (TPSA) is 30.5 Å². The Balaban J connectivity index is 1.87. The standard InChI is InChI=1S/C17H26FNO2/c1-20-12-10-19-13-15(6-9-17-3-2-11-21-17)14-4-7-16(18)8-5-14/h4-5,7-8,15,17,19H,2-3,6,9-13H2,1H3. The maximum atomic E-state index is 13.1. The molecule has 21 heavy (non-hydrogen) atoms. The first kappa shape index (κ1) is 16.4. The molecule has 1 aliphatic heterocycles. The number of rotatable bonds is 9. The lowest BCUT2D eigenvalue weighted by Crippen LogP contribution is -2.25. The Hall–Kier alpha value is -0.970. The van der Waals surface area contributed by atoms with Crippen LogP contribution in [-0.2, 0) is 9.47 Å². The van der Waals surface area contributed by atoms with Gasteiger partial charge in [-0.25, -0.2) is 4.39 Å². The van der Waals surface area contributed by atoms with Gasteiger partial charge in [0, 0.05) is 26.8 Å². The van der Waals surface area contributed by atoms with Gasteiger partial charge in [-0.15, -0.1) is 0 Å². The molecule has 0 spiro atoms. The molecule has 1 fully saturated rings. The van der Waals surface area contributed by atoms with E-state index in [1.165, 1.54) is 18.4 Å². The lowest BCUT2D eigenvalue weighted by Gasteiger charge is -2.20. The smallest absolute Gasteiger partial charge is 0.123 e. The molecule has 1 aliphatic rings. The molecule has 1 aromatic rings. The third kappa shape index (κ3) is 5.73. The molecule has 4 heteroatoms. The second-order valence-corrected chi connectivity index (χ2v) is 5.66. The van der Waals surface area contributed by atoms with Gasteiger partial charge in [-0.2, -0.15) is 0 Å². The number of ether oxygens (including phenoxy) is 2. The highest BCUT2D eigenvalue weighted by Gasteiger charge is 2.19. The fourth-order valence-electron chi connectivity index (χ4n) is 2.83. The maximum Gasteiger partial charge on any atom is 0.123 e. The fraction of sp³-hybridized carbons (Fsp3) is 0.647. The molecular formula is C17H26FNO2. The lowest BCUT2D eigenvalue weighted by molar-refractivity contribution is 0.100. The Morgan fingerprint density at radius 1 is 1.38 bits per heavy atom. The zero-order valence-electron chi connectivity index (χ0n) is 12.8. The zero-order chi connectivity index (χ0) is 14.9. The van der Waals surface area contributed by atoms with E-state index >= 15 is 0 Å². The molecule has 3 nitrogen and oxygen atoms in total. The van der Waals surface area contributed by atoms with E-state index in [4.69, 9.17) is 9.47 Å². The normalized spacial score (nSPS) is 19.8. The first-order chi connectivity index (χ1) is 10.3. The molecule has 118 valence electrons. The van der Waals surface area contributed by atoms with Gasteiger partial charge in [0.1, 0.15) is 5.82 Å². The average Bonchev–Trinajstić information content (AvgIpc) is 3.01. The van der Waals surface area contributed by atoms with Crippen molar-refractivity contribution in [2.75, 3.05) is 33.4 Å². The van der Waals surface area contributed by atoms with Crippen LogP contribution in [0.1, 0.15) is 37.2 Å². The van der Waals surface area contributed by atoms with Crippen LogP contribution in [0.25, 0.3) is 0 Å². The van der Waals surface area contributed by atoms with Crippen LogP contribution in [0.2, 0.25) is 0 Å². The molecule has 1 aromatic carbocycles. The summed E-state index contributed by atoms with van der Waals surface area (Å²) in [6.07, 6.45) is 4.90. The Bertz CT molecular complexity index is 390. The largest absolute Gasteiger partial charge is 0.383 e. The van der Waals surface area contributed by atoms with Crippen LogP contribution in [0.4, 0.5) is 4.39 Å². The van der Waals surface area contributed by atoms with Crippen molar-refractivity contribution in [3.05, 3.63) is 35.6 Å². The third-order valence-electron chi connectivity index (χ3n) is 4.08. The molecule has 1 heterocycles. The minimum absolute atomic E-state index is 0.177. The van der Waals surface area contributed by atoms with Gasteiger partial charge in [0.15, 0.2) is 0 Å². The summed E-state index contributed by atoms with van der Waals surface area (Å²) in [6.45, 7) is 3.34. The van der Waals surface area contributed by atoms with E-state index in [9.17, 15) is 4.39 Å². The lowest BCUT2D eigenvalue weighted by atomic mass is 9.92. The molecule has 2 unspecified atom stereocenters. The van der Waals surface area contributed by atoms with Crippen LogP contribution in [0.15, 0.2) is 24.3 Å². The number of methoxy groups -OCH3 is 1. The van der Waals surface area contributed by atoms with Crippen LogP contribution in [0.3, 0.4) is 0 Å². The fourth-order valence-corrected chi connectivity index (χ4v) is 2.83. The Morgan fingerprint density at radius 2 is 2.19 bits per heavy atom. The van der Waals surface area contributed by atoms with Crippen molar-refractivity contribution in [2.24, 2.45) is 0 Å². The van der Waals surface area contributed by atoms with Crippen molar-refractivity contribution in [3.8, 4) is 0 Å². The SMILES string of the molecule is COCCNCC(CCC1CCCO1)c1ccc(F)cc1. The van der Waals surface area contributed by atoms with E-state index in [0.717, 1.165) is 32.5 Å². The van der Waals surface area contributed by atoms with Crippen molar-refractivity contribution in [3.63, 3.8) is 0 Å². The summed E-state index contributed by atoms with van der Waals surface area (Å²) in [6, 6.07) is 6.88. The average molecular weight is 295 g/mol. The number of hydrogen-bond donors (Lipinski definition) is 1. The quantitative estimate of drug-likeness (QED) is 0.710. The van der Waals surface area contributed by atoms with Crippen LogP contribution < -0.4 is 5.32 Å². The highest BCUT2D eigenvalue weighted by molar-refractivity contribution is 5.20. The van der Waals surface area contributed by atoms with Crippen LogP contribution in [0.5, 0.6) is 0 Å². The Labute approximate surface area is 126 Å². The summed E-state index contributed by atoms with van der Waals surface area (Å²) in [5.74, 6) is 0.218. The van der Waals surface area contributed by atoms with Crippen LogP contribution >= 0.6 is 0 Å². The highest BCUT2D eigenvalue weighted by atomic mass is 19.1. The minimum Gasteiger partial charge on any atom is -0.383 e. The van der Waals surface area contributed by atoms with E-state index < -0.39 is 0 Å². The summed E-state index contributed by atoms with van der Waals surface area (Å²) in [4.78, 5) is 0. The predicted octanol–water partition coefficient (Wildman–Crippen LogP) is 3.10. The second-order valence-electron chi connectivity index (χ2n) is 5.66. The first-order valence-electron chi connectivity index (χ1n) is 7.86. The zero-order valence-corrected chi connectivity index (χ0v) is 12.8. The summed E-state index contributed by atoms with van der Waals surface area (Å²) in [7, 11) is 1.70. The monoisotopic (exact) mass is 295 g/mol. The summed E-state index contributed by atoms with van der Waals surface area (Å²) >= 11 is 0. The van der Waals surface area contributed by atoms with E-state index in [-0.39, 0.29) is 5.82 Å². The molecule has 1 saturated heterocycles. The van der Waals surface area contributed by atoms with Gasteiger partial charge >= 0.3 is 0 Å². The van der Waals surface area contributed by atoms with E-state index in [0.29, 0.717) is 18.6 Å². The predicted molar refractivity (Wildman–Crippen MR) is 82.1 cm³/mol. The molecule has 0 aliphatic carbocycles. The van der Waals surface area contributed by atoms with Gasteiger partial charge in [-0.3, -0.25) is 0 Å². The summed E-state index contributed by atoms with van der Waals surface area (Å²) in [5.41, 5.74) is 1.19. The number of hydrogen-bond acceptors (Lipinski definition) is 3. The van der Waals surface area contributed by atoms with Crippen molar-refractivity contribution in [1.82, 2.24) is 5.32 Å². The summed E-state index contributed by atoms with van der Waals surface area (Å²) < 4.78 is 23.8. The van der Waals surface area contributed by atoms with Gasteiger partial charge in [0.25, 0.3) is 0 Å². The Kier molecular flexibility index (Phi) is 7.13. The Morgan fingerprint density at radius 3 is 2.86 bits per heavy atom. The van der Waals surface area contributed by atoms with Gasteiger partial charge in [-0.1, -0.05) is 12.1 Å². The number of nitrogens with one attached hydrogen (secondary N) is 1.